The van der Waals surface area contributed by atoms with Crippen molar-refractivity contribution in [3.8, 4) is 5.75 Å². The van der Waals surface area contributed by atoms with E-state index in [1.165, 1.54) is 7.11 Å². The number of esters is 1. The number of rotatable bonds is 2. The summed E-state index contributed by atoms with van der Waals surface area (Å²) in [5.41, 5.74) is 4.85. The van der Waals surface area contributed by atoms with Crippen molar-refractivity contribution in [2.45, 2.75) is 64.4 Å². The smallest absolute Gasteiger partial charge is 0.336 e. The highest BCUT2D eigenvalue weighted by atomic mass is 16.5. The van der Waals surface area contributed by atoms with E-state index in [9.17, 15) is 9.59 Å². The highest BCUT2D eigenvalue weighted by molar-refractivity contribution is 6.03. The van der Waals surface area contributed by atoms with Crippen LogP contribution in [0.3, 0.4) is 0 Å². The molecule has 0 amide bonds. The van der Waals surface area contributed by atoms with E-state index in [4.69, 9.17) is 9.47 Å². The largest absolute Gasteiger partial charge is 0.488 e. The minimum Gasteiger partial charge on any atom is -0.488 e. The minimum atomic E-state index is -0.393. The predicted molar refractivity (Wildman–Crippen MR) is 106 cm³/mol. The Kier molecular flexibility index (Phi) is 4.56. The number of aryl methyl sites for hydroxylation is 1. The first-order valence-electron chi connectivity index (χ1n) is 9.95. The van der Waals surface area contributed by atoms with Gasteiger partial charge in [0.05, 0.1) is 12.7 Å². The number of hydrogen-bond donors (Lipinski definition) is 1. The van der Waals surface area contributed by atoms with Crippen LogP contribution < -0.4 is 10.1 Å². The second kappa shape index (κ2) is 6.80. The number of ketones is 1. The van der Waals surface area contributed by atoms with Crippen LogP contribution in [0.15, 0.2) is 40.7 Å². The van der Waals surface area contributed by atoms with Gasteiger partial charge < -0.3 is 14.8 Å². The molecule has 148 valence electrons. The van der Waals surface area contributed by atoms with Crippen LogP contribution in [0.1, 0.15) is 63.5 Å². The molecule has 0 aromatic heterocycles. The molecule has 4 rings (SSSR count). The van der Waals surface area contributed by atoms with Crippen LogP contribution in [0.2, 0.25) is 0 Å². The molecule has 2 aliphatic heterocycles. The van der Waals surface area contributed by atoms with Crippen molar-refractivity contribution in [3.05, 3.63) is 51.9 Å². The Morgan fingerprint density at radius 2 is 2.04 bits per heavy atom. The first-order chi connectivity index (χ1) is 13.3. The summed E-state index contributed by atoms with van der Waals surface area (Å²) in [5, 5.41) is 3.30. The molecule has 0 fully saturated rings. The van der Waals surface area contributed by atoms with Gasteiger partial charge in [0.2, 0.25) is 0 Å². The summed E-state index contributed by atoms with van der Waals surface area (Å²) >= 11 is 0. The van der Waals surface area contributed by atoms with E-state index in [-0.39, 0.29) is 11.4 Å². The van der Waals surface area contributed by atoms with E-state index in [1.807, 2.05) is 19.1 Å². The number of hydrogen-bond acceptors (Lipinski definition) is 5. The van der Waals surface area contributed by atoms with Crippen LogP contribution in [-0.2, 0) is 20.7 Å². The third kappa shape index (κ3) is 3.13. The molecular formula is C23H27NO4. The summed E-state index contributed by atoms with van der Waals surface area (Å²) in [6.07, 6.45) is 4.03. The molecule has 3 aliphatic rings. The monoisotopic (exact) mass is 381 g/mol. The topological polar surface area (TPSA) is 64.6 Å². The van der Waals surface area contributed by atoms with Gasteiger partial charge in [0.1, 0.15) is 11.4 Å². The van der Waals surface area contributed by atoms with Gasteiger partial charge in [0, 0.05) is 29.3 Å². The second-order valence-corrected chi connectivity index (χ2v) is 8.49. The third-order valence-electron chi connectivity index (χ3n) is 5.98. The SMILES string of the molecule is COC(=O)C1=C(C)NC2=C(C(=O)CCC2)[C@H]1c1ccc2c(c1)CCC(C)(C)O2. The minimum absolute atomic E-state index is 0.114. The number of Topliss-reactive ketones (excluding diaryl/α,β-unsaturated/α-hetero) is 1. The lowest BCUT2D eigenvalue weighted by Gasteiger charge is -2.36. The maximum Gasteiger partial charge on any atom is 0.336 e. The number of allylic oxidation sites excluding steroid dienone is 3. The first kappa shape index (κ1) is 18.8. The van der Waals surface area contributed by atoms with E-state index < -0.39 is 11.9 Å². The lowest BCUT2D eigenvalue weighted by molar-refractivity contribution is -0.136. The van der Waals surface area contributed by atoms with E-state index in [0.29, 0.717) is 17.6 Å². The molecule has 2 heterocycles. The lowest BCUT2D eigenvalue weighted by Crippen LogP contribution is -2.35. The molecule has 5 heteroatoms. The van der Waals surface area contributed by atoms with Gasteiger partial charge in [0.25, 0.3) is 0 Å². The van der Waals surface area contributed by atoms with Crippen molar-refractivity contribution in [1.82, 2.24) is 5.32 Å². The van der Waals surface area contributed by atoms with Crippen molar-refractivity contribution in [3.63, 3.8) is 0 Å². The molecule has 5 nitrogen and oxygen atoms in total. The molecule has 0 radical (unpaired) electrons. The summed E-state index contributed by atoms with van der Waals surface area (Å²) in [7, 11) is 1.38. The second-order valence-electron chi connectivity index (χ2n) is 8.49. The number of carbonyl (C=O) groups is 2. The Balaban J connectivity index is 1.84. The quantitative estimate of drug-likeness (QED) is 0.787. The van der Waals surface area contributed by atoms with Gasteiger partial charge in [-0.05, 0) is 63.6 Å². The molecule has 1 aromatic carbocycles. The van der Waals surface area contributed by atoms with Crippen LogP contribution in [0.4, 0.5) is 0 Å². The van der Waals surface area contributed by atoms with E-state index in [0.717, 1.165) is 54.0 Å². The van der Waals surface area contributed by atoms with Gasteiger partial charge in [-0.15, -0.1) is 0 Å². The molecule has 1 aromatic rings. The molecule has 1 aliphatic carbocycles. The van der Waals surface area contributed by atoms with Crippen LogP contribution in [0.25, 0.3) is 0 Å². The molecule has 28 heavy (non-hydrogen) atoms. The van der Waals surface area contributed by atoms with Crippen LogP contribution in [-0.4, -0.2) is 24.5 Å². The third-order valence-corrected chi connectivity index (χ3v) is 5.98. The van der Waals surface area contributed by atoms with Crippen LogP contribution >= 0.6 is 0 Å². The molecule has 0 bridgehead atoms. The Labute approximate surface area is 165 Å². The summed E-state index contributed by atoms with van der Waals surface area (Å²) in [6, 6.07) is 6.06. The summed E-state index contributed by atoms with van der Waals surface area (Å²) in [5.74, 6) is 0.216. The highest BCUT2D eigenvalue weighted by Gasteiger charge is 2.39. The Morgan fingerprint density at radius 1 is 1.25 bits per heavy atom. The van der Waals surface area contributed by atoms with Gasteiger partial charge in [-0.2, -0.15) is 0 Å². The zero-order chi connectivity index (χ0) is 20.1. The average molecular weight is 381 g/mol. The summed E-state index contributed by atoms with van der Waals surface area (Å²) < 4.78 is 11.2. The number of ether oxygens (including phenoxy) is 2. The van der Waals surface area contributed by atoms with Crippen molar-refractivity contribution in [2.75, 3.05) is 7.11 Å². The molecule has 0 saturated heterocycles. The maximum atomic E-state index is 12.9. The van der Waals surface area contributed by atoms with Crippen LogP contribution in [0, 0.1) is 0 Å². The molecule has 0 spiro atoms. The van der Waals surface area contributed by atoms with Crippen molar-refractivity contribution in [1.29, 1.82) is 0 Å². The zero-order valence-electron chi connectivity index (χ0n) is 17.0. The fourth-order valence-electron chi connectivity index (χ4n) is 4.56. The Bertz CT molecular complexity index is 923. The van der Waals surface area contributed by atoms with Crippen molar-refractivity contribution >= 4 is 11.8 Å². The molecule has 0 saturated carbocycles. The maximum absolute atomic E-state index is 12.9. The van der Waals surface area contributed by atoms with Crippen molar-refractivity contribution in [2.24, 2.45) is 0 Å². The van der Waals surface area contributed by atoms with Gasteiger partial charge in [-0.3, -0.25) is 4.79 Å². The number of benzene rings is 1. The van der Waals surface area contributed by atoms with Crippen LogP contribution in [0.5, 0.6) is 5.75 Å². The number of nitrogens with one attached hydrogen (secondary N) is 1. The molecule has 0 unspecified atom stereocenters. The number of carbonyl (C=O) groups excluding carboxylic acids is 2. The standard InChI is InChI=1S/C23H27NO4/c1-13-19(22(26)27-4)20(21-16(24-13)6-5-7-17(21)25)15-8-9-18-14(12-15)10-11-23(2,3)28-18/h8-9,12,20,24H,5-7,10-11H2,1-4H3/t20-/m0/s1. The van der Waals surface area contributed by atoms with Gasteiger partial charge in [-0.1, -0.05) is 12.1 Å². The lowest BCUT2D eigenvalue weighted by atomic mass is 9.74. The van der Waals surface area contributed by atoms with Crippen molar-refractivity contribution < 1.29 is 19.1 Å². The highest BCUT2D eigenvalue weighted by Crippen LogP contribution is 2.44. The predicted octanol–water partition coefficient (Wildman–Crippen LogP) is 3.93. The summed E-state index contributed by atoms with van der Waals surface area (Å²) in [6.45, 7) is 6.07. The molecule has 1 atom stereocenters. The van der Waals surface area contributed by atoms with E-state index in [1.54, 1.807) is 0 Å². The fourth-order valence-corrected chi connectivity index (χ4v) is 4.56. The molecule has 1 N–H and O–H groups in total. The average Bonchev–Trinajstić information content (AvgIpc) is 2.65. The van der Waals surface area contributed by atoms with Gasteiger partial charge in [0.15, 0.2) is 5.78 Å². The molecular weight excluding hydrogens is 354 g/mol. The first-order valence-corrected chi connectivity index (χ1v) is 9.95. The number of methoxy groups -OCH3 is 1. The number of dihydropyridines is 1. The van der Waals surface area contributed by atoms with Gasteiger partial charge >= 0.3 is 5.97 Å². The van der Waals surface area contributed by atoms with E-state index in [2.05, 4.69) is 25.2 Å². The summed E-state index contributed by atoms with van der Waals surface area (Å²) in [4.78, 5) is 25.5. The fraction of sp³-hybridized carbons (Fsp3) is 0.478. The normalized spacial score (nSPS) is 23.4. The zero-order valence-corrected chi connectivity index (χ0v) is 17.0. The Morgan fingerprint density at radius 3 is 2.79 bits per heavy atom. The number of fused-ring (bicyclic) bond motifs is 1. The van der Waals surface area contributed by atoms with E-state index >= 15 is 0 Å². The van der Waals surface area contributed by atoms with Gasteiger partial charge in [-0.25, -0.2) is 4.79 Å². The Hall–Kier alpha value is -2.56.